The molecule has 31 heavy (non-hydrogen) atoms. The highest BCUT2D eigenvalue weighted by Gasteiger charge is 2.11. The number of rotatable bonds is 6. The molecule has 0 saturated heterocycles. The van der Waals surface area contributed by atoms with Crippen molar-refractivity contribution in [3.63, 3.8) is 0 Å². The quantitative estimate of drug-likeness (QED) is 0.463. The SMILES string of the molecule is CCn1c(NNC(=O)CCn2cnc3c(C)cccc3c2=O)nc2ccccc2c1=O. The van der Waals surface area contributed by atoms with Crippen molar-refractivity contribution in [1.29, 1.82) is 0 Å². The van der Waals surface area contributed by atoms with Gasteiger partial charge in [-0.15, -0.1) is 0 Å². The second-order valence-corrected chi connectivity index (χ2v) is 7.14. The summed E-state index contributed by atoms with van der Waals surface area (Å²) in [4.78, 5) is 46.4. The average molecular weight is 418 g/mol. The lowest BCUT2D eigenvalue weighted by Crippen LogP contribution is -2.35. The molecule has 158 valence electrons. The number of hydrogen-bond acceptors (Lipinski definition) is 6. The van der Waals surface area contributed by atoms with Crippen LogP contribution < -0.4 is 22.0 Å². The van der Waals surface area contributed by atoms with Gasteiger partial charge in [-0.2, -0.15) is 0 Å². The van der Waals surface area contributed by atoms with Crippen LogP contribution in [0.1, 0.15) is 18.9 Å². The number of para-hydroxylation sites is 2. The zero-order valence-corrected chi connectivity index (χ0v) is 17.3. The molecule has 9 heteroatoms. The molecule has 0 radical (unpaired) electrons. The molecule has 4 rings (SSSR count). The van der Waals surface area contributed by atoms with E-state index in [-0.39, 0.29) is 35.9 Å². The summed E-state index contributed by atoms with van der Waals surface area (Å²) in [6.07, 6.45) is 1.51. The predicted octanol–water partition coefficient (Wildman–Crippen LogP) is 1.97. The molecule has 0 atom stereocenters. The molecule has 0 fully saturated rings. The van der Waals surface area contributed by atoms with Gasteiger partial charge in [0, 0.05) is 19.5 Å². The van der Waals surface area contributed by atoms with Crippen LogP contribution in [-0.2, 0) is 17.9 Å². The zero-order valence-electron chi connectivity index (χ0n) is 17.3. The molecule has 0 spiro atoms. The minimum absolute atomic E-state index is 0.0514. The van der Waals surface area contributed by atoms with Gasteiger partial charge in [-0.1, -0.05) is 24.3 Å². The van der Waals surface area contributed by atoms with Gasteiger partial charge in [-0.25, -0.2) is 9.97 Å². The third-order valence-corrected chi connectivity index (χ3v) is 5.13. The van der Waals surface area contributed by atoms with Gasteiger partial charge < -0.3 is 0 Å². The summed E-state index contributed by atoms with van der Waals surface area (Å²) in [6, 6.07) is 12.5. The smallest absolute Gasteiger partial charge is 0.262 e. The maximum atomic E-state index is 12.6. The molecule has 0 unspecified atom stereocenters. The van der Waals surface area contributed by atoms with Crippen LogP contribution in [0.5, 0.6) is 0 Å². The number of aromatic nitrogens is 4. The van der Waals surface area contributed by atoms with Gasteiger partial charge >= 0.3 is 0 Å². The summed E-state index contributed by atoms with van der Waals surface area (Å²) >= 11 is 0. The highest BCUT2D eigenvalue weighted by Crippen LogP contribution is 2.12. The van der Waals surface area contributed by atoms with E-state index in [0.717, 1.165) is 5.56 Å². The molecule has 9 nitrogen and oxygen atoms in total. The van der Waals surface area contributed by atoms with Crippen molar-refractivity contribution in [3.05, 3.63) is 75.1 Å². The molecule has 2 aromatic heterocycles. The van der Waals surface area contributed by atoms with Crippen molar-refractivity contribution in [3.8, 4) is 0 Å². The second kappa shape index (κ2) is 8.39. The summed E-state index contributed by atoms with van der Waals surface area (Å²) in [5, 5.41) is 1.04. The Morgan fingerprint density at radius 2 is 1.81 bits per heavy atom. The second-order valence-electron chi connectivity index (χ2n) is 7.14. The summed E-state index contributed by atoms with van der Waals surface area (Å²) in [6.45, 7) is 4.29. The minimum Gasteiger partial charge on any atom is -0.298 e. The maximum absolute atomic E-state index is 12.6. The number of fused-ring (bicyclic) bond motifs is 2. The van der Waals surface area contributed by atoms with E-state index in [0.29, 0.717) is 28.4 Å². The number of carbonyl (C=O) groups is 1. The lowest BCUT2D eigenvalue weighted by molar-refractivity contribution is -0.120. The van der Waals surface area contributed by atoms with Crippen LogP contribution in [-0.4, -0.2) is 25.0 Å². The number of nitrogens with one attached hydrogen (secondary N) is 2. The zero-order chi connectivity index (χ0) is 22.0. The number of carbonyl (C=O) groups excluding carboxylic acids is 1. The van der Waals surface area contributed by atoms with E-state index in [9.17, 15) is 14.4 Å². The summed E-state index contributed by atoms with van der Waals surface area (Å²) in [5.41, 5.74) is 7.04. The Morgan fingerprint density at radius 3 is 2.61 bits per heavy atom. The van der Waals surface area contributed by atoms with Gasteiger partial charge in [0.2, 0.25) is 11.9 Å². The van der Waals surface area contributed by atoms with Gasteiger partial charge in [0.1, 0.15) is 0 Å². The third-order valence-electron chi connectivity index (χ3n) is 5.13. The van der Waals surface area contributed by atoms with Gasteiger partial charge in [-0.3, -0.25) is 34.4 Å². The highest BCUT2D eigenvalue weighted by atomic mass is 16.2. The van der Waals surface area contributed by atoms with Gasteiger partial charge in [0.25, 0.3) is 11.1 Å². The van der Waals surface area contributed by atoms with Crippen LogP contribution in [0.15, 0.2) is 58.4 Å². The molecule has 2 N–H and O–H groups in total. The number of aryl methyl sites for hydroxylation is 2. The molecule has 1 amide bonds. The topological polar surface area (TPSA) is 111 Å². The van der Waals surface area contributed by atoms with Crippen LogP contribution in [0.3, 0.4) is 0 Å². The molecule has 4 aromatic rings. The third kappa shape index (κ3) is 3.89. The normalized spacial score (nSPS) is 11.0. The van der Waals surface area contributed by atoms with E-state index < -0.39 is 0 Å². The molecule has 0 saturated carbocycles. The Bertz CT molecular complexity index is 1410. The maximum Gasteiger partial charge on any atom is 0.262 e. The van der Waals surface area contributed by atoms with Crippen LogP contribution in [0.2, 0.25) is 0 Å². The standard InChI is InChI=1S/C22H22N6O3/c1-3-28-21(31)15-8-4-5-10-17(15)24-22(28)26-25-18(29)11-12-27-13-23-19-14(2)7-6-9-16(19)20(27)30/h4-10,13H,3,11-12H2,1-2H3,(H,24,26)(H,25,29). The summed E-state index contributed by atoms with van der Waals surface area (Å²) < 4.78 is 2.86. The molecule has 0 aliphatic heterocycles. The van der Waals surface area contributed by atoms with Crippen molar-refractivity contribution >= 4 is 33.7 Å². The summed E-state index contributed by atoms with van der Waals surface area (Å²) in [7, 11) is 0. The Morgan fingerprint density at radius 1 is 1.03 bits per heavy atom. The molecule has 2 aromatic carbocycles. The molecule has 2 heterocycles. The number of nitrogens with zero attached hydrogens (tertiary/aromatic N) is 4. The van der Waals surface area contributed by atoms with E-state index in [1.807, 2.05) is 26.0 Å². The first-order valence-corrected chi connectivity index (χ1v) is 9.98. The molecular formula is C22H22N6O3. The van der Waals surface area contributed by atoms with E-state index in [2.05, 4.69) is 20.8 Å². The highest BCUT2D eigenvalue weighted by molar-refractivity contribution is 5.81. The van der Waals surface area contributed by atoms with Crippen LogP contribution in [0, 0.1) is 6.92 Å². The lowest BCUT2D eigenvalue weighted by atomic mass is 10.1. The fourth-order valence-electron chi connectivity index (χ4n) is 3.46. The number of amides is 1. The molecular weight excluding hydrogens is 396 g/mol. The van der Waals surface area contributed by atoms with Crippen molar-refractivity contribution in [2.75, 3.05) is 5.43 Å². The monoisotopic (exact) mass is 418 g/mol. The number of benzene rings is 2. The first-order chi connectivity index (χ1) is 15.0. The first kappa shape index (κ1) is 20.3. The molecule has 0 bridgehead atoms. The van der Waals surface area contributed by atoms with Crippen molar-refractivity contribution < 1.29 is 4.79 Å². The van der Waals surface area contributed by atoms with E-state index in [1.54, 1.807) is 30.3 Å². The van der Waals surface area contributed by atoms with Crippen molar-refractivity contribution in [2.24, 2.45) is 0 Å². The van der Waals surface area contributed by atoms with E-state index in [1.165, 1.54) is 15.5 Å². The largest absolute Gasteiger partial charge is 0.298 e. The summed E-state index contributed by atoms with van der Waals surface area (Å²) in [5.74, 6) is -0.0964. The van der Waals surface area contributed by atoms with Crippen LogP contribution >= 0.6 is 0 Å². The van der Waals surface area contributed by atoms with E-state index >= 15 is 0 Å². The Labute approximate surface area is 177 Å². The molecule has 0 aliphatic carbocycles. The predicted molar refractivity (Wildman–Crippen MR) is 119 cm³/mol. The lowest BCUT2D eigenvalue weighted by Gasteiger charge is -2.14. The average Bonchev–Trinajstić information content (AvgIpc) is 2.78. The van der Waals surface area contributed by atoms with Crippen molar-refractivity contribution in [2.45, 2.75) is 33.4 Å². The van der Waals surface area contributed by atoms with Gasteiger partial charge in [0.15, 0.2) is 0 Å². The van der Waals surface area contributed by atoms with Crippen LogP contribution in [0.4, 0.5) is 5.95 Å². The van der Waals surface area contributed by atoms with E-state index in [4.69, 9.17) is 0 Å². The Kier molecular flexibility index (Phi) is 5.48. The van der Waals surface area contributed by atoms with Crippen LogP contribution in [0.25, 0.3) is 21.8 Å². The van der Waals surface area contributed by atoms with Gasteiger partial charge in [0.05, 0.1) is 28.1 Å². The fourth-order valence-corrected chi connectivity index (χ4v) is 3.46. The fraction of sp³-hybridized carbons (Fsp3) is 0.227. The number of hydrogen-bond donors (Lipinski definition) is 2. The van der Waals surface area contributed by atoms with Gasteiger partial charge in [-0.05, 0) is 37.6 Å². The first-order valence-electron chi connectivity index (χ1n) is 9.98. The Balaban J connectivity index is 1.47. The minimum atomic E-state index is -0.346. The number of hydrazine groups is 1. The molecule has 0 aliphatic rings. The van der Waals surface area contributed by atoms with Crippen molar-refractivity contribution in [1.82, 2.24) is 24.5 Å². The Hall–Kier alpha value is -4.01. The number of anilines is 1.